The minimum absolute atomic E-state index is 0.0756. The van der Waals surface area contributed by atoms with E-state index in [4.69, 9.17) is 23.2 Å². The monoisotopic (exact) mass is 353 g/mol. The number of thioether (sulfide) groups is 1. The van der Waals surface area contributed by atoms with Crippen LogP contribution < -0.4 is 5.32 Å². The molecule has 0 saturated heterocycles. The Balaban J connectivity index is 1.61. The van der Waals surface area contributed by atoms with Gasteiger partial charge in [-0.05, 0) is 48.4 Å². The molecule has 0 spiro atoms. The number of carbonyl (C=O) groups is 1. The molecule has 5 heteroatoms. The van der Waals surface area contributed by atoms with Crippen molar-refractivity contribution in [2.24, 2.45) is 0 Å². The zero-order valence-corrected chi connectivity index (χ0v) is 14.3. The first-order chi connectivity index (χ1) is 10.6. The lowest BCUT2D eigenvalue weighted by molar-refractivity contribution is -0.120. The number of benzene rings is 2. The fraction of sp³-hybridized carbons (Fsp3) is 0.235. The first kappa shape index (κ1) is 17.2. The summed E-state index contributed by atoms with van der Waals surface area (Å²) < 4.78 is 0. The Morgan fingerprint density at radius 3 is 2.18 bits per heavy atom. The summed E-state index contributed by atoms with van der Waals surface area (Å²) in [4.78, 5) is 12.9. The number of halogens is 2. The third kappa shape index (κ3) is 6.30. The molecule has 0 radical (unpaired) electrons. The summed E-state index contributed by atoms with van der Waals surface area (Å²) in [5.74, 6) is 0.917. The van der Waals surface area contributed by atoms with Crippen LogP contribution in [0.3, 0.4) is 0 Å². The molecule has 2 aromatic carbocycles. The summed E-state index contributed by atoms with van der Waals surface area (Å²) in [6.45, 7) is 0.659. The molecule has 0 saturated carbocycles. The van der Waals surface area contributed by atoms with Crippen molar-refractivity contribution in [3.8, 4) is 0 Å². The number of hydrogen-bond donors (Lipinski definition) is 1. The highest BCUT2D eigenvalue weighted by atomic mass is 35.5. The molecule has 1 N–H and O–H groups in total. The van der Waals surface area contributed by atoms with Crippen molar-refractivity contribution in [3.05, 3.63) is 64.1 Å². The quantitative estimate of drug-likeness (QED) is 0.570. The molecule has 0 aliphatic carbocycles. The highest BCUT2D eigenvalue weighted by Gasteiger charge is 2.02. The van der Waals surface area contributed by atoms with E-state index in [1.165, 1.54) is 0 Å². The Kier molecular flexibility index (Phi) is 7.10. The van der Waals surface area contributed by atoms with Gasteiger partial charge in [-0.1, -0.05) is 35.3 Å². The van der Waals surface area contributed by atoms with E-state index in [2.05, 4.69) is 5.32 Å². The van der Waals surface area contributed by atoms with Crippen LogP contribution in [0, 0.1) is 0 Å². The molecular weight excluding hydrogens is 337 g/mol. The maximum atomic E-state index is 11.8. The van der Waals surface area contributed by atoms with Gasteiger partial charge < -0.3 is 5.32 Å². The zero-order valence-electron chi connectivity index (χ0n) is 12.0. The summed E-state index contributed by atoms with van der Waals surface area (Å²) in [5, 5.41) is 4.39. The zero-order chi connectivity index (χ0) is 15.8. The Morgan fingerprint density at radius 1 is 0.955 bits per heavy atom. The molecule has 22 heavy (non-hydrogen) atoms. The Labute approximate surface area is 145 Å². The first-order valence-corrected chi connectivity index (χ1v) is 8.77. The van der Waals surface area contributed by atoms with Crippen molar-refractivity contribution in [2.45, 2.75) is 17.7 Å². The molecule has 2 aromatic rings. The van der Waals surface area contributed by atoms with E-state index < -0.39 is 0 Å². The van der Waals surface area contributed by atoms with Crippen molar-refractivity contribution in [1.82, 2.24) is 5.32 Å². The number of rotatable bonds is 7. The molecule has 2 nitrogen and oxygen atoms in total. The lowest BCUT2D eigenvalue weighted by Gasteiger charge is -2.06. The lowest BCUT2D eigenvalue weighted by atomic mass is 10.1. The number of aryl methyl sites for hydroxylation is 1. The number of nitrogens with one attached hydrogen (secondary N) is 1. The highest BCUT2D eigenvalue weighted by molar-refractivity contribution is 7.99. The molecule has 0 aliphatic rings. The predicted octanol–water partition coefficient (Wildman–Crippen LogP) is 4.83. The van der Waals surface area contributed by atoms with Crippen molar-refractivity contribution in [3.63, 3.8) is 0 Å². The second-order valence-electron chi connectivity index (χ2n) is 4.78. The Bertz CT molecular complexity index is 599. The maximum Gasteiger partial charge on any atom is 0.220 e. The topological polar surface area (TPSA) is 29.1 Å². The summed E-state index contributed by atoms with van der Waals surface area (Å²) in [6, 6.07) is 15.3. The van der Waals surface area contributed by atoms with Gasteiger partial charge in [-0.2, -0.15) is 0 Å². The van der Waals surface area contributed by atoms with Gasteiger partial charge in [0.05, 0.1) is 0 Å². The summed E-state index contributed by atoms with van der Waals surface area (Å²) in [6.07, 6.45) is 1.22. The maximum absolute atomic E-state index is 11.8. The van der Waals surface area contributed by atoms with Crippen molar-refractivity contribution in [2.75, 3.05) is 12.3 Å². The van der Waals surface area contributed by atoms with Crippen LogP contribution in [0.5, 0.6) is 0 Å². The van der Waals surface area contributed by atoms with Crippen molar-refractivity contribution < 1.29 is 4.79 Å². The molecule has 0 fully saturated rings. The van der Waals surface area contributed by atoms with Gasteiger partial charge >= 0.3 is 0 Å². The van der Waals surface area contributed by atoms with E-state index in [9.17, 15) is 4.79 Å². The van der Waals surface area contributed by atoms with E-state index in [1.54, 1.807) is 11.8 Å². The van der Waals surface area contributed by atoms with Crippen LogP contribution in [0.4, 0.5) is 0 Å². The Hall–Kier alpha value is -1.16. The average molecular weight is 354 g/mol. The third-order valence-electron chi connectivity index (χ3n) is 3.06. The second-order valence-corrected chi connectivity index (χ2v) is 6.82. The smallest absolute Gasteiger partial charge is 0.220 e. The van der Waals surface area contributed by atoms with Crippen LogP contribution >= 0.6 is 35.0 Å². The van der Waals surface area contributed by atoms with Gasteiger partial charge in [0.2, 0.25) is 5.91 Å². The molecule has 0 atom stereocenters. The fourth-order valence-electron chi connectivity index (χ4n) is 1.89. The normalized spacial score (nSPS) is 10.5. The van der Waals surface area contributed by atoms with Gasteiger partial charge in [0.15, 0.2) is 0 Å². The molecule has 2 rings (SSSR count). The Morgan fingerprint density at radius 2 is 1.55 bits per heavy atom. The van der Waals surface area contributed by atoms with E-state index in [0.717, 1.165) is 27.7 Å². The summed E-state index contributed by atoms with van der Waals surface area (Å²) in [7, 11) is 0. The molecule has 0 bridgehead atoms. The standard InChI is InChI=1S/C17H17Cl2NOS/c18-14-4-1-13(2-5-14)3-10-17(21)20-11-12-22-16-8-6-15(19)7-9-16/h1-2,4-9H,3,10-12H2,(H,20,21). The van der Waals surface area contributed by atoms with Crippen LogP contribution in [-0.4, -0.2) is 18.2 Å². The minimum Gasteiger partial charge on any atom is -0.355 e. The van der Waals surface area contributed by atoms with Crippen LogP contribution in [0.25, 0.3) is 0 Å². The molecule has 0 heterocycles. The average Bonchev–Trinajstić information content (AvgIpc) is 2.53. The van der Waals surface area contributed by atoms with Crippen LogP contribution in [0.2, 0.25) is 10.0 Å². The van der Waals surface area contributed by atoms with Crippen LogP contribution in [0.1, 0.15) is 12.0 Å². The van der Waals surface area contributed by atoms with Crippen LogP contribution in [0.15, 0.2) is 53.4 Å². The van der Waals surface area contributed by atoms with Gasteiger partial charge in [0.1, 0.15) is 0 Å². The second kappa shape index (κ2) is 9.09. The largest absolute Gasteiger partial charge is 0.355 e. The predicted molar refractivity (Wildman–Crippen MR) is 95.0 cm³/mol. The number of carbonyl (C=O) groups excluding carboxylic acids is 1. The van der Waals surface area contributed by atoms with Crippen LogP contribution in [-0.2, 0) is 11.2 Å². The highest BCUT2D eigenvalue weighted by Crippen LogP contribution is 2.19. The van der Waals surface area contributed by atoms with Gasteiger partial charge in [-0.25, -0.2) is 0 Å². The van der Waals surface area contributed by atoms with Gasteiger partial charge in [-0.3, -0.25) is 4.79 Å². The molecule has 0 aliphatic heterocycles. The van der Waals surface area contributed by atoms with E-state index in [0.29, 0.717) is 18.0 Å². The van der Waals surface area contributed by atoms with Crippen molar-refractivity contribution in [1.29, 1.82) is 0 Å². The van der Waals surface area contributed by atoms with Crippen molar-refractivity contribution >= 4 is 40.9 Å². The molecule has 0 aromatic heterocycles. The third-order valence-corrected chi connectivity index (χ3v) is 4.58. The number of amides is 1. The number of hydrogen-bond acceptors (Lipinski definition) is 2. The SMILES string of the molecule is O=C(CCc1ccc(Cl)cc1)NCCSc1ccc(Cl)cc1. The van der Waals surface area contributed by atoms with Gasteiger partial charge in [0.25, 0.3) is 0 Å². The van der Waals surface area contributed by atoms with Gasteiger partial charge in [0, 0.05) is 33.7 Å². The van der Waals surface area contributed by atoms with E-state index >= 15 is 0 Å². The van der Waals surface area contributed by atoms with E-state index in [1.807, 2.05) is 48.5 Å². The molecule has 1 amide bonds. The minimum atomic E-state index is 0.0756. The van der Waals surface area contributed by atoms with E-state index in [-0.39, 0.29) is 5.91 Å². The fourth-order valence-corrected chi connectivity index (χ4v) is 2.91. The molecule has 0 unspecified atom stereocenters. The van der Waals surface area contributed by atoms with Gasteiger partial charge in [-0.15, -0.1) is 11.8 Å². The first-order valence-electron chi connectivity index (χ1n) is 7.03. The summed E-state index contributed by atoms with van der Waals surface area (Å²) in [5.41, 5.74) is 1.12. The molecule has 116 valence electrons. The summed E-state index contributed by atoms with van der Waals surface area (Å²) >= 11 is 13.4. The molecular formula is C17H17Cl2NOS. The lowest BCUT2D eigenvalue weighted by Crippen LogP contribution is -2.25.